The number of ether oxygens (including phenoxy) is 1. The Morgan fingerprint density at radius 2 is 1.85 bits per heavy atom. The van der Waals surface area contributed by atoms with E-state index in [0.717, 1.165) is 24.1 Å². The Morgan fingerprint density at radius 3 is 2.58 bits per heavy atom. The Labute approximate surface area is 154 Å². The lowest BCUT2D eigenvalue weighted by Crippen LogP contribution is -2.24. The zero-order chi connectivity index (χ0) is 18.4. The third-order valence-electron chi connectivity index (χ3n) is 4.21. The highest BCUT2D eigenvalue weighted by Crippen LogP contribution is 2.31. The fourth-order valence-electron chi connectivity index (χ4n) is 2.82. The number of hydrogen-bond acceptors (Lipinski definition) is 3. The molecule has 0 spiro atoms. The van der Waals surface area contributed by atoms with E-state index in [-0.39, 0.29) is 0 Å². The van der Waals surface area contributed by atoms with Crippen LogP contribution in [0.15, 0.2) is 66.9 Å². The molecule has 0 atom stereocenters. The van der Waals surface area contributed by atoms with E-state index in [4.69, 9.17) is 4.74 Å². The first kappa shape index (κ1) is 17.7. The summed E-state index contributed by atoms with van der Waals surface area (Å²) in [6, 6.07) is 19.7. The van der Waals surface area contributed by atoms with Gasteiger partial charge in [0.1, 0.15) is 11.4 Å². The summed E-state index contributed by atoms with van der Waals surface area (Å²) in [7, 11) is 0. The van der Waals surface area contributed by atoms with Gasteiger partial charge in [-0.3, -0.25) is 4.79 Å². The van der Waals surface area contributed by atoms with Crippen molar-refractivity contribution in [2.75, 3.05) is 11.4 Å². The molecule has 0 unspecified atom stereocenters. The van der Waals surface area contributed by atoms with Crippen LogP contribution in [-0.4, -0.2) is 17.9 Å². The minimum absolute atomic E-state index is 0.430. The first-order valence-electron chi connectivity index (χ1n) is 8.63. The summed E-state index contributed by atoms with van der Waals surface area (Å²) in [5.41, 5.74) is 4.05. The van der Waals surface area contributed by atoms with Gasteiger partial charge >= 0.3 is 0 Å². The van der Waals surface area contributed by atoms with Crippen LogP contribution in [0.2, 0.25) is 0 Å². The summed E-state index contributed by atoms with van der Waals surface area (Å²) in [5, 5.41) is 0. The molecule has 1 amide bonds. The molecule has 0 N–H and O–H groups in total. The highest BCUT2D eigenvalue weighted by molar-refractivity contribution is 5.78. The van der Waals surface area contributed by atoms with Crippen molar-refractivity contribution in [2.24, 2.45) is 0 Å². The number of nitrogens with zero attached hydrogens (tertiary/aromatic N) is 2. The van der Waals surface area contributed by atoms with Crippen LogP contribution >= 0.6 is 0 Å². The molecule has 0 aliphatic rings. The molecule has 0 aliphatic heterocycles. The summed E-state index contributed by atoms with van der Waals surface area (Å²) in [4.78, 5) is 17.7. The number of aromatic nitrogens is 1. The molecule has 1 heterocycles. The molecule has 0 saturated heterocycles. The maximum absolute atomic E-state index is 11.7. The van der Waals surface area contributed by atoms with Gasteiger partial charge < -0.3 is 9.64 Å². The maximum atomic E-state index is 11.7. The number of benzene rings is 2. The van der Waals surface area contributed by atoms with E-state index < -0.39 is 0 Å². The molecule has 132 valence electrons. The Kier molecular flexibility index (Phi) is 5.64. The SMILES string of the molecule is Cc1ccc(Oc2ncccc2N(C=O)CCc2ccccc2)c(C)c1. The van der Waals surface area contributed by atoms with Gasteiger partial charge in [0, 0.05) is 12.7 Å². The molecule has 2 aromatic carbocycles. The standard InChI is InChI=1S/C22H22N2O2/c1-17-10-11-21(18(2)15-17)26-22-20(9-6-13-23-22)24(16-25)14-12-19-7-4-3-5-8-19/h3-11,13,15-16H,12,14H2,1-2H3. The summed E-state index contributed by atoms with van der Waals surface area (Å²) in [6.45, 7) is 4.60. The normalized spacial score (nSPS) is 10.4. The highest BCUT2D eigenvalue weighted by Gasteiger charge is 2.14. The lowest BCUT2D eigenvalue weighted by molar-refractivity contribution is -0.107. The minimum Gasteiger partial charge on any atom is -0.437 e. The molecular formula is C22H22N2O2. The second-order valence-corrected chi connectivity index (χ2v) is 6.23. The van der Waals surface area contributed by atoms with E-state index in [1.165, 1.54) is 11.1 Å². The molecule has 0 fully saturated rings. The average Bonchev–Trinajstić information content (AvgIpc) is 2.66. The molecular weight excluding hydrogens is 324 g/mol. The number of anilines is 1. The number of pyridine rings is 1. The predicted octanol–water partition coefficient (Wildman–Crippen LogP) is 4.70. The van der Waals surface area contributed by atoms with Gasteiger partial charge in [-0.1, -0.05) is 48.0 Å². The Bertz CT molecular complexity index is 878. The van der Waals surface area contributed by atoms with Crippen LogP contribution in [0, 0.1) is 13.8 Å². The fourth-order valence-corrected chi connectivity index (χ4v) is 2.82. The van der Waals surface area contributed by atoms with Gasteiger partial charge in [0.05, 0.1) is 0 Å². The number of hydrogen-bond donors (Lipinski definition) is 0. The van der Waals surface area contributed by atoms with Gasteiger partial charge in [0.2, 0.25) is 12.3 Å². The lowest BCUT2D eigenvalue weighted by atomic mass is 10.1. The average molecular weight is 346 g/mol. The number of amides is 1. The predicted molar refractivity (Wildman–Crippen MR) is 104 cm³/mol. The van der Waals surface area contributed by atoms with E-state index >= 15 is 0 Å². The van der Waals surface area contributed by atoms with E-state index in [1.807, 2.05) is 56.3 Å². The summed E-state index contributed by atoms with van der Waals surface area (Å²) in [5.74, 6) is 1.17. The summed E-state index contributed by atoms with van der Waals surface area (Å²) < 4.78 is 6.02. The molecule has 0 radical (unpaired) electrons. The van der Waals surface area contributed by atoms with Crippen LogP contribution in [0.5, 0.6) is 11.6 Å². The topological polar surface area (TPSA) is 42.4 Å². The zero-order valence-corrected chi connectivity index (χ0v) is 15.1. The van der Waals surface area contributed by atoms with E-state index in [2.05, 4.69) is 23.2 Å². The van der Waals surface area contributed by atoms with Crippen molar-refractivity contribution in [3.8, 4) is 11.6 Å². The molecule has 0 aliphatic carbocycles. The molecule has 4 nitrogen and oxygen atoms in total. The van der Waals surface area contributed by atoms with Crippen LogP contribution in [0.1, 0.15) is 16.7 Å². The second-order valence-electron chi connectivity index (χ2n) is 6.23. The van der Waals surface area contributed by atoms with Gasteiger partial charge in [-0.05, 0) is 49.6 Å². The third kappa shape index (κ3) is 4.28. The third-order valence-corrected chi connectivity index (χ3v) is 4.21. The number of aryl methyl sites for hydroxylation is 2. The monoisotopic (exact) mass is 346 g/mol. The number of carbonyl (C=O) groups excluding carboxylic acids is 1. The van der Waals surface area contributed by atoms with Crippen LogP contribution in [0.25, 0.3) is 0 Å². The van der Waals surface area contributed by atoms with Crippen LogP contribution < -0.4 is 9.64 Å². The molecule has 3 rings (SSSR count). The fraction of sp³-hybridized carbons (Fsp3) is 0.182. The Morgan fingerprint density at radius 1 is 1.04 bits per heavy atom. The van der Waals surface area contributed by atoms with Crippen molar-refractivity contribution >= 4 is 12.1 Å². The van der Waals surface area contributed by atoms with Gasteiger partial charge in [-0.15, -0.1) is 0 Å². The second kappa shape index (κ2) is 8.30. The van der Waals surface area contributed by atoms with Gasteiger partial charge in [0.25, 0.3) is 0 Å². The first-order chi connectivity index (χ1) is 12.7. The summed E-state index contributed by atoms with van der Waals surface area (Å²) in [6.07, 6.45) is 3.26. The molecule has 3 aromatic rings. The van der Waals surface area contributed by atoms with Gasteiger partial charge in [-0.2, -0.15) is 0 Å². The zero-order valence-electron chi connectivity index (χ0n) is 15.1. The van der Waals surface area contributed by atoms with E-state index in [9.17, 15) is 4.79 Å². The lowest BCUT2D eigenvalue weighted by Gasteiger charge is -2.20. The Balaban J connectivity index is 1.81. The van der Waals surface area contributed by atoms with Gasteiger partial charge in [0.15, 0.2) is 0 Å². The van der Waals surface area contributed by atoms with Crippen LogP contribution in [0.3, 0.4) is 0 Å². The van der Waals surface area contributed by atoms with Crippen molar-refractivity contribution in [3.05, 3.63) is 83.6 Å². The maximum Gasteiger partial charge on any atom is 0.243 e. The van der Waals surface area contributed by atoms with E-state index in [0.29, 0.717) is 18.1 Å². The molecule has 4 heteroatoms. The van der Waals surface area contributed by atoms with Crippen LogP contribution in [-0.2, 0) is 11.2 Å². The van der Waals surface area contributed by atoms with Crippen molar-refractivity contribution < 1.29 is 9.53 Å². The van der Waals surface area contributed by atoms with E-state index in [1.54, 1.807) is 11.1 Å². The molecule has 0 bridgehead atoms. The number of carbonyl (C=O) groups is 1. The Hall–Kier alpha value is -3.14. The smallest absolute Gasteiger partial charge is 0.243 e. The molecule has 1 aromatic heterocycles. The van der Waals surface area contributed by atoms with Gasteiger partial charge in [-0.25, -0.2) is 4.98 Å². The summed E-state index contributed by atoms with van der Waals surface area (Å²) >= 11 is 0. The molecule has 0 saturated carbocycles. The largest absolute Gasteiger partial charge is 0.437 e. The minimum atomic E-state index is 0.430. The van der Waals surface area contributed by atoms with Crippen molar-refractivity contribution in [1.82, 2.24) is 4.98 Å². The molecule has 26 heavy (non-hydrogen) atoms. The van der Waals surface area contributed by atoms with Crippen molar-refractivity contribution in [1.29, 1.82) is 0 Å². The highest BCUT2D eigenvalue weighted by atomic mass is 16.5. The van der Waals surface area contributed by atoms with Crippen molar-refractivity contribution in [3.63, 3.8) is 0 Å². The van der Waals surface area contributed by atoms with Crippen LogP contribution in [0.4, 0.5) is 5.69 Å². The van der Waals surface area contributed by atoms with Crippen molar-refractivity contribution in [2.45, 2.75) is 20.3 Å². The first-order valence-corrected chi connectivity index (χ1v) is 8.63. The quantitative estimate of drug-likeness (QED) is 0.583. The number of rotatable bonds is 7.